The molecular weight excluding hydrogens is 260 g/mol. The second-order valence-corrected chi connectivity index (χ2v) is 4.30. The van der Waals surface area contributed by atoms with Crippen molar-refractivity contribution in [3.05, 3.63) is 46.1 Å². The number of nitrogens with zero attached hydrogens (tertiary/aromatic N) is 5. The van der Waals surface area contributed by atoms with E-state index in [0.29, 0.717) is 17.0 Å². The third-order valence-electron chi connectivity index (χ3n) is 2.88. The molecule has 0 saturated heterocycles. The van der Waals surface area contributed by atoms with Gasteiger partial charge in [0.2, 0.25) is 0 Å². The zero-order valence-electron chi connectivity index (χ0n) is 10.5. The van der Waals surface area contributed by atoms with Crippen molar-refractivity contribution in [1.29, 1.82) is 0 Å². The van der Waals surface area contributed by atoms with Crippen LogP contribution in [0, 0.1) is 17.0 Å². The minimum absolute atomic E-state index is 0.0655. The average molecular weight is 270 g/mol. The molecule has 0 aliphatic carbocycles. The summed E-state index contributed by atoms with van der Waals surface area (Å²) in [7, 11) is 0. The fourth-order valence-corrected chi connectivity index (χ4v) is 1.92. The zero-order chi connectivity index (χ0) is 14.3. The molecule has 2 aromatic heterocycles. The minimum atomic E-state index is -0.496. The Labute approximate surface area is 113 Å². The van der Waals surface area contributed by atoms with E-state index < -0.39 is 4.92 Å². The van der Waals surface area contributed by atoms with Gasteiger partial charge in [-0.15, -0.1) is 10.2 Å². The largest absolute Gasteiger partial charge is 0.398 e. The van der Waals surface area contributed by atoms with Crippen LogP contribution in [0.15, 0.2) is 30.3 Å². The van der Waals surface area contributed by atoms with Crippen molar-refractivity contribution in [3.63, 3.8) is 0 Å². The number of nitrogen functional groups attached to an aromatic ring is 1. The Morgan fingerprint density at radius 1 is 1.25 bits per heavy atom. The summed E-state index contributed by atoms with van der Waals surface area (Å²) in [6.45, 7) is 1.85. The smallest absolute Gasteiger partial charge is 0.271 e. The van der Waals surface area contributed by atoms with Crippen molar-refractivity contribution in [3.8, 4) is 11.4 Å². The van der Waals surface area contributed by atoms with E-state index in [1.54, 1.807) is 16.6 Å². The monoisotopic (exact) mass is 270 g/mol. The van der Waals surface area contributed by atoms with Crippen LogP contribution in [-0.4, -0.2) is 24.7 Å². The Kier molecular flexibility index (Phi) is 2.56. The molecule has 0 amide bonds. The van der Waals surface area contributed by atoms with Gasteiger partial charge in [-0.2, -0.15) is 9.61 Å². The molecule has 20 heavy (non-hydrogen) atoms. The van der Waals surface area contributed by atoms with Crippen molar-refractivity contribution in [1.82, 2.24) is 19.8 Å². The first kappa shape index (κ1) is 12.0. The van der Waals surface area contributed by atoms with Crippen LogP contribution in [0.25, 0.3) is 17.0 Å². The van der Waals surface area contributed by atoms with Gasteiger partial charge in [-0.25, -0.2) is 0 Å². The molecule has 8 nitrogen and oxygen atoms in total. The van der Waals surface area contributed by atoms with E-state index in [2.05, 4.69) is 15.3 Å². The first-order valence-corrected chi connectivity index (χ1v) is 5.79. The molecule has 0 saturated carbocycles. The first-order valence-electron chi connectivity index (χ1n) is 5.79. The summed E-state index contributed by atoms with van der Waals surface area (Å²) in [4.78, 5) is 10.2. The van der Waals surface area contributed by atoms with Gasteiger partial charge in [0.15, 0.2) is 11.5 Å². The molecule has 2 N–H and O–H groups in total. The lowest BCUT2D eigenvalue weighted by Crippen LogP contribution is -2.00. The van der Waals surface area contributed by atoms with Crippen LogP contribution in [0.4, 0.5) is 11.4 Å². The number of hydrogen-bond donors (Lipinski definition) is 1. The van der Waals surface area contributed by atoms with Gasteiger partial charge < -0.3 is 5.73 Å². The second-order valence-electron chi connectivity index (χ2n) is 4.30. The number of benzene rings is 1. The lowest BCUT2D eigenvalue weighted by Gasteiger charge is -2.03. The molecule has 8 heteroatoms. The van der Waals surface area contributed by atoms with Crippen LogP contribution in [-0.2, 0) is 0 Å². The number of anilines is 1. The Morgan fingerprint density at radius 2 is 2.05 bits per heavy atom. The molecule has 100 valence electrons. The minimum Gasteiger partial charge on any atom is -0.398 e. The highest BCUT2D eigenvalue weighted by molar-refractivity contribution is 5.74. The van der Waals surface area contributed by atoms with Crippen LogP contribution in [0.3, 0.4) is 0 Å². The van der Waals surface area contributed by atoms with Gasteiger partial charge in [-0.1, -0.05) is 0 Å². The number of hydrogen-bond acceptors (Lipinski definition) is 6. The third kappa shape index (κ3) is 1.83. The zero-order valence-corrected chi connectivity index (χ0v) is 10.5. The first-order chi connectivity index (χ1) is 9.56. The topological polar surface area (TPSA) is 112 Å². The number of aryl methyl sites for hydroxylation is 1. The van der Waals surface area contributed by atoms with Gasteiger partial charge in [0.1, 0.15) is 0 Å². The number of aromatic nitrogens is 4. The highest BCUT2D eigenvalue weighted by Crippen LogP contribution is 2.27. The number of nitro benzene ring substituents is 1. The molecule has 0 aliphatic rings. The van der Waals surface area contributed by atoms with Gasteiger partial charge in [0, 0.05) is 23.4 Å². The SMILES string of the molecule is Cc1ccc2nnc(-c3ccc([N+](=O)[O-])cc3N)n2n1. The molecule has 0 radical (unpaired) electrons. The van der Waals surface area contributed by atoms with Crippen LogP contribution in [0.2, 0.25) is 0 Å². The number of rotatable bonds is 2. The van der Waals surface area contributed by atoms with E-state index in [1.165, 1.54) is 12.1 Å². The Morgan fingerprint density at radius 3 is 2.75 bits per heavy atom. The van der Waals surface area contributed by atoms with Crippen LogP contribution in [0.5, 0.6) is 0 Å². The van der Waals surface area contributed by atoms with Gasteiger partial charge in [-0.05, 0) is 25.1 Å². The molecule has 3 rings (SSSR count). The van der Waals surface area contributed by atoms with E-state index in [-0.39, 0.29) is 11.4 Å². The van der Waals surface area contributed by atoms with Crippen molar-refractivity contribution in [2.75, 3.05) is 5.73 Å². The predicted molar refractivity (Wildman–Crippen MR) is 72.0 cm³/mol. The van der Waals surface area contributed by atoms with Crippen molar-refractivity contribution < 1.29 is 4.92 Å². The normalized spacial score (nSPS) is 10.8. The molecule has 0 unspecified atom stereocenters. The summed E-state index contributed by atoms with van der Waals surface area (Å²) in [5.41, 5.74) is 8.01. The highest BCUT2D eigenvalue weighted by atomic mass is 16.6. The van der Waals surface area contributed by atoms with Crippen LogP contribution in [0.1, 0.15) is 5.69 Å². The fourth-order valence-electron chi connectivity index (χ4n) is 1.92. The van der Waals surface area contributed by atoms with Gasteiger partial charge >= 0.3 is 0 Å². The van der Waals surface area contributed by atoms with E-state index in [9.17, 15) is 10.1 Å². The van der Waals surface area contributed by atoms with Crippen molar-refractivity contribution in [2.24, 2.45) is 0 Å². The van der Waals surface area contributed by atoms with Gasteiger partial charge in [-0.3, -0.25) is 10.1 Å². The molecule has 2 heterocycles. The maximum atomic E-state index is 10.7. The summed E-state index contributed by atoms with van der Waals surface area (Å²) in [6.07, 6.45) is 0. The lowest BCUT2D eigenvalue weighted by molar-refractivity contribution is -0.384. The highest BCUT2D eigenvalue weighted by Gasteiger charge is 2.15. The van der Waals surface area contributed by atoms with E-state index in [0.717, 1.165) is 5.69 Å². The van der Waals surface area contributed by atoms with Gasteiger partial charge in [0.05, 0.1) is 10.6 Å². The number of non-ortho nitro benzene ring substituents is 1. The molecule has 0 spiro atoms. The Balaban J connectivity index is 2.20. The number of nitro groups is 1. The summed E-state index contributed by atoms with van der Waals surface area (Å²) in [5.74, 6) is 0.455. The summed E-state index contributed by atoms with van der Waals surface area (Å²) in [6, 6.07) is 7.84. The predicted octanol–water partition coefficient (Wildman–Crippen LogP) is 1.59. The third-order valence-corrected chi connectivity index (χ3v) is 2.88. The maximum absolute atomic E-state index is 10.7. The lowest BCUT2D eigenvalue weighted by atomic mass is 10.1. The quantitative estimate of drug-likeness (QED) is 0.430. The standard InChI is InChI=1S/C12H10N6O2/c1-7-2-5-11-14-15-12(17(11)16-7)9-4-3-8(18(19)20)6-10(9)13/h2-6H,13H2,1H3. The fraction of sp³-hybridized carbons (Fsp3) is 0.0833. The second kappa shape index (κ2) is 4.26. The maximum Gasteiger partial charge on any atom is 0.271 e. The van der Waals surface area contributed by atoms with E-state index in [1.807, 2.05) is 13.0 Å². The van der Waals surface area contributed by atoms with Crippen molar-refractivity contribution >= 4 is 17.0 Å². The summed E-state index contributed by atoms with van der Waals surface area (Å²) in [5, 5.41) is 23.1. The van der Waals surface area contributed by atoms with Crippen LogP contribution < -0.4 is 5.73 Å². The number of fused-ring (bicyclic) bond motifs is 1. The molecule has 0 atom stereocenters. The Bertz CT molecular complexity index is 826. The van der Waals surface area contributed by atoms with E-state index >= 15 is 0 Å². The van der Waals surface area contributed by atoms with Crippen molar-refractivity contribution in [2.45, 2.75) is 6.92 Å². The summed E-state index contributed by atoms with van der Waals surface area (Å²) < 4.78 is 1.56. The molecule has 1 aromatic carbocycles. The summed E-state index contributed by atoms with van der Waals surface area (Å²) >= 11 is 0. The molecule has 3 aromatic rings. The van der Waals surface area contributed by atoms with Gasteiger partial charge in [0.25, 0.3) is 5.69 Å². The molecule has 0 bridgehead atoms. The molecule has 0 fully saturated rings. The van der Waals surface area contributed by atoms with E-state index in [4.69, 9.17) is 5.73 Å². The number of nitrogens with two attached hydrogens (primary N) is 1. The molecular formula is C12H10N6O2. The molecule has 0 aliphatic heterocycles. The Hall–Kier alpha value is -3.03. The van der Waals surface area contributed by atoms with Crippen LogP contribution >= 0.6 is 0 Å². The average Bonchev–Trinajstić information content (AvgIpc) is 2.81.